The molecule has 8 heteroatoms. The highest BCUT2D eigenvalue weighted by molar-refractivity contribution is 6.30. The van der Waals surface area contributed by atoms with Crippen LogP contribution in [0.5, 0.6) is 11.6 Å². The highest BCUT2D eigenvalue weighted by Crippen LogP contribution is 2.32. The molecule has 1 aromatic heterocycles. The molecule has 0 atom stereocenters. The molecule has 7 nitrogen and oxygen atoms in total. The minimum Gasteiger partial charge on any atom is -0.430 e. The van der Waals surface area contributed by atoms with Crippen LogP contribution in [0.3, 0.4) is 0 Å². The fourth-order valence-corrected chi connectivity index (χ4v) is 1.43. The molecule has 2 rings (SSSR count). The molecule has 19 heavy (non-hydrogen) atoms. The molecule has 0 aliphatic carbocycles. The van der Waals surface area contributed by atoms with Gasteiger partial charge in [-0.1, -0.05) is 11.6 Å². The molecule has 0 radical (unpaired) electrons. The first-order valence-electron chi connectivity index (χ1n) is 4.96. The number of ether oxygens (including phenoxy) is 1. The summed E-state index contributed by atoms with van der Waals surface area (Å²) in [6.45, 7) is 0. The summed E-state index contributed by atoms with van der Waals surface area (Å²) in [5.74, 6) is 0.0397. The Bertz CT molecular complexity index is 667. The van der Waals surface area contributed by atoms with Gasteiger partial charge in [-0.3, -0.25) is 10.1 Å². The zero-order chi connectivity index (χ0) is 13.8. The van der Waals surface area contributed by atoms with Gasteiger partial charge in [0.15, 0.2) is 5.69 Å². The van der Waals surface area contributed by atoms with Gasteiger partial charge >= 0.3 is 5.69 Å². The molecule has 0 amide bonds. The largest absolute Gasteiger partial charge is 0.430 e. The van der Waals surface area contributed by atoms with Crippen LogP contribution < -0.4 is 4.74 Å². The quantitative estimate of drug-likeness (QED) is 0.631. The summed E-state index contributed by atoms with van der Waals surface area (Å²) >= 11 is 5.68. The van der Waals surface area contributed by atoms with E-state index in [1.165, 1.54) is 30.3 Å². The number of hydrogen-bond donors (Lipinski definition) is 0. The zero-order valence-electron chi connectivity index (χ0n) is 9.28. The van der Waals surface area contributed by atoms with Crippen LogP contribution in [0.2, 0.25) is 5.02 Å². The van der Waals surface area contributed by atoms with Crippen molar-refractivity contribution < 1.29 is 9.66 Å². The van der Waals surface area contributed by atoms with Gasteiger partial charge in [-0.25, -0.2) is 0 Å². The fourth-order valence-electron chi connectivity index (χ4n) is 1.27. The maximum absolute atomic E-state index is 10.9. The minimum absolute atomic E-state index is 0.00610. The number of nitro groups is 1. The average Bonchev–Trinajstić information content (AvgIpc) is 2.41. The van der Waals surface area contributed by atoms with E-state index >= 15 is 0 Å². The number of rotatable bonds is 3. The normalized spacial score (nSPS) is 9.68. The lowest BCUT2D eigenvalue weighted by molar-refractivity contribution is -0.385. The van der Waals surface area contributed by atoms with Crippen LogP contribution in [-0.4, -0.2) is 15.1 Å². The first-order chi connectivity index (χ1) is 9.10. The molecule has 0 saturated carbocycles. The van der Waals surface area contributed by atoms with Crippen LogP contribution in [0.1, 0.15) is 5.69 Å². The van der Waals surface area contributed by atoms with Crippen molar-refractivity contribution in [2.24, 2.45) is 0 Å². The molecule has 0 spiro atoms. The van der Waals surface area contributed by atoms with Crippen LogP contribution in [0.4, 0.5) is 5.69 Å². The van der Waals surface area contributed by atoms with Gasteiger partial charge in [0, 0.05) is 17.2 Å². The molecule has 0 unspecified atom stereocenters. The third kappa shape index (κ3) is 2.94. The topological polar surface area (TPSA) is 102 Å². The number of benzene rings is 1. The second kappa shape index (κ2) is 5.29. The molecule has 0 fully saturated rings. The van der Waals surface area contributed by atoms with E-state index in [0.717, 1.165) is 0 Å². The van der Waals surface area contributed by atoms with Crippen LogP contribution >= 0.6 is 11.6 Å². The summed E-state index contributed by atoms with van der Waals surface area (Å²) in [7, 11) is 0. The highest BCUT2D eigenvalue weighted by Gasteiger charge is 2.17. The monoisotopic (exact) mass is 276 g/mol. The lowest BCUT2D eigenvalue weighted by atomic mass is 10.3. The van der Waals surface area contributed by atoms with Crippen molar-refractivity contribution in [3.05, 3.63) is 51.2 Å². The summed E-state index contributed by atoms with van der Waals surface area (Å²) in [6, 6.07) is 8.58. The summed E-state index contributed by atoms with van der Waals surface area (Å²) in [5.41, 5.74) is -0.156. The van der Waals surface area contributed by atoms with Crippen LogP contribution in [-0.2, 0) is 0 Å². The van der Waals surface area contributed by atoms with Crippen molar-refractivity contribution in [2.75, 3.05) is 0 Å². The van der Waals surface area contributed by atoms with Crippen molar-refractivity contribution in [1.82, 2.24) is 10.2 Å². The van der Waals surface area contributed by atoms with Crippen molar-refractivity contribution >= 4 is 17.3 Å². The van der Waals surface area contributed by atoms with E-state index < -0.39 is 4.92 Å². The number of aromatic nitrogens is 2. The van der Waals surface area contributed by atoms with Gasteiger partial charge in [-0.2, -0.15) is 5.26 Å². The van der Waals surface area contributed by atoms with E-state index in [4.69, 9.17) is 21.6 Å². The predicted octanol–water partition coefficient (Wildman–Crippen LogP) is 2.70. The number of nitrogens with zero attached hydrogens (tertiary/aromatic N) is 4. The van der Waals surface area contributed by atoms with Crippen molar-refractivity contribution in [2.45, 2.75) is 0 Å². The minimum atomic E-state index is -0.613. The third-order valence-corrected chi connectivity index (χ3v) is 2.32. The van der Waals surface area contributed by atoms with Crippen molar-refractivity contribution in [3.63, 3.8) is 0 Å². The Hall–Kier alpha value is -2.72. The number of nitro benzene ring substituents is 1. The predicted molar refractivity (Wildman–Crippen MR) is 64.9 cm³/mol. The standard InChI is InChI=1S/C11H5ClN4O3/c12-7-1-3-10(9(5-7)16(17)18)19-11-4-2-8(6-13)14-15-11/h1-5H. The molecule has 0 N–H and O–H groups in total. The van der Waals surface area contributed by atoms with Gasteiger partial charge in [-0.15, -0.1) is 10.2 Å². The molecule has 0 saturated heterocycles. The van der Waals surface area contributed by atoms with Gasteiger partial charge in [0.05, 0.1) is 4.92 Å². The Morgan fingerprint density at radius 3 is 2.68 bits per heavy atom. The van der Waals surface area contributed by atoms with Crippen molar-refractivity contribution in [1.29, 1.82) is 5.26 Å². The third-order valence-electron chi connectivity index (χ3n) is 2.09. The summed E-state index contributed by atoms with van der Waals surface area (Å²) in [6.07, 6.45) is 0. The van der Waals surface area contributed by atoms with Gasteiger partial charge in [0.25, 0.3) is 0 Å². The molecule has 0 aliphatic rings. The van der Waals surface area contributed by atoms with Gasteiger partial charge in [0.1, 0.15) is 6.07 Å². The maximum Gasteiger partial charge on any atom is 0.313 e. The maximum atomic E-state index is 10.9. The van der Waals surface area contributed by atoms with E-state index in [9.17, 15) is 10.1 Å². The average molecular weight is 277 g/mol. The van der Waals surface area contributed by atoms with Crippen LogP contribution in [0.15, 0.2) is 30.3 Å². The van der Waals surface area contributed by atoms with E-state index in [2.05, 4.69) is 10.2 Å². The number of halogens is 1. The van der Waals surface area contributed by atoms with E-state index in [-0.39, 0.29) is 28.0 Å². The SMILES string of the molecule is N#Cc1ccc(Oc2ccc(Cl)cc2[N+](=O)[O-])nn1. The molecule has 94 valence electrons. The van der Waals surface area contributed by atoms with Crippen LogP contribution in [0.25, 0.3) is 0 Å². The smallest absolute Gasteiger partial charge is 0.313 e. The number of nitriles is 1. The Morgan fingerprint density at radius 1 is 1.32 bits per heavy atom. The Labute approximate surface area is 112 Å². The Balaban J connectivity index is 2.32. The fraction of sp³-hybridized carbons (Fsp3) is 0. The molecule has 2 aromatic rings. The number of hydrogen-bond acceptors (Lipinski definition) is 6. The Kier molecular flexibility index (Phi) is 3.54. The second-order valence-electron chi connectivity index (χ2n) is 3.34. The molecule has 1 aromatic carbocycles. The van der Waals surface area contributed by atoms with E-state index in [1.54, 1.807) is 6.07 Å². The summed E-state index contributed by atoms with van der Waals surface area (Å²) in [5, 5.41) is 26.8. The Morgan fingerprint density at radius 2 is 2.11 bits per heavy atom. The van der Waals surface area contributed by atoms with Gasteiger partial charge < -0.3 is 4.74 Å². The van der Waals surface area contributed by atoms with Crippen LogP contribution in [0, 0.1) is 21.4 Å². The zero-order valence-corrected chi connectivity index (χ0v) is 10.0. The first-order valence-corrected chi connectivity index (χ1v) is 5.33. The van der Waals surface area contributed by atoms with Crippen molar-refractivity contribution in [3.8, 4) is 17.7 Å². The summed E-state index contributed by atoms with van der Waals surface area (Å²) in [4.78, 5) is 10.2. The lowest BCUT2D eigenvalue weighted by Gasteiger charge is -2.04. The molecule has 0 aliphatic heterocycles. The lowest BCUT2D eigenvalue weighted by Crippen LogP contribution is -1.96. The van der Waals surface area contributed by atoms with Gasteiger partial charge in [-0.05, 0) is 18.2 Å². The molecular formula is C11H5ClN4O3. The highest BCUT2D eigenvalue weighted by atomic mass is 35.5. The first kappa shape index (κ1) is 12.7. The second-order valence-corrected chi connectivity index (χ2v) is 3.78. The van der Waals surface area contributed by atoms with Gasteiger partial charge in [0.2, 0.25) is 11.6 Å². The van der Waals surface area contributed by atoms with E-state index in [1.807, 2.05) is 0 Å². The molecular weight excluding hydrogens is 272 g/mol. The molecule has 0 bridgehead atoms. The molecule has 1 heterocycles. The van der Waals surface area contributed by atoms with E-state index in [0.29, 0.717) is 0 Å². The summed E-state index contributed by atoms with van der Waals surface area (Å²) < 4.78 is 5.24.